The molecule has 0 atom stereocenters. The Balaban J connectivity index is 0.00000176. The highest BCUT2D eigenvalue weighted by atomic mass is 35.5. The normalized spacial score (nSPS) is 12.9. The van der Waals surface area contributed by atoms with E-state index >= 15 is 0 Å². The van der Waals surface area contributed by atoms with E-state index in [1.54, 1.807) is 11.3 Å². The second-order valence-corrected chi connectivity index (χ2v) is 6.73. The maximum Gasteiger partial charge on any atom is 0.254 e. The van der Waals surface area contributed by atoms with Crippen LogP contribution in [0.15, 0.2) is 35.7 Å². The third-order valence-electron chi connectivity index (χ3n) is 3.87. The van der Waals surface area contributed by atoms with Gasteiger partial charge < -0.3 is 10.2 Å². The Labute approximate surface area is 141 Å². The Hall–Kier alpha value is -1.36. The van der Waals surface area contributed by atoms with E-state index in [1.165, 1.54) is 16.0 Å². The van der Waals surface area contributed by atoms with Gasteiger partial charge in [0, 0.05) is 29.6 Å². The number of nitrogens with zero attached hydrogens (tertiary/aromatic N) is 1. The van der Waals surface area contributed by atoms with Crippen molar-refractivity contribution in [1.29, 1.82) is 0 Å². The first kappa shape index (κ1) is 17.0. The molecule has 5 heteroatoms. The Kier molecular flexibility index (Phi) is 5.62. The topological polar surface area (TPSA) is 32.3 Å². The molecule has 0 saturated carbocycles. The minimum Gasteiger partial charge on any atom is -0.331 e. The van der Waals surface area contributed by atoms with Crippen molar-refractivity contribution < 1.29 is 4.79 Å². The van der Waals surface area contributed by atoms with Gasteiger partial charge in [0.05, 0.1) is 6.54 Å². The van der Waals surface area contributed by atoms with Crippen LogP contribution in [0, 0.1) is 0 Å². The molecule has 1 aliphatic heterocycles. The number of carbonyl (C=O) groups excluding carboxylic acids is 1. The first-order valence-electron chi connectivity index (χ1n) is 7.31. The van der Waals surface area contributed by atoms with Gasteiger partial charge in [0.15, 0.2) is 0 Å². The van der Waals surface area contributed by atoms with E-state index in [4.69, 9.17) is 0 Å². The monoisotopic (exact) mass is 336 g/mol. The Morgan fingerprint density at radius 1 is 1.27 bits per heavy atom. The number of carbonyl (C=O) groups is 1. The van der Waals surface area contributed by atoms with Gasteiger partial charge in [0.25, 0.3) is 5.91 Å². The molecule has 0 spiro atoms. The van der Waals surface area contributed by atoms with Crippen molar-refractivity contribution >= 4 is 29.7 Å². The fraction of sp³-hybridized carbons (Fsp3) is 0.353. The summed E-state index contributed by atoms with van der Waals surface area (Å²) in [6, 6.07) is 10.4. The molecule has 0 bridgehead atoms. The van der Waals surface area contributed by atoms with Crippen molar-refractivity contribution in [2.24, 2.45) is 0 Å². The highest BCUT2D eigenvalue weighted by Crippen LogP contribution is 2.21. The number of hydrogen-bond donors (Lipinski definition) is 1. The second-order valence-electron chi connectivity index (χ2n) is 5.69. The summed E-state index contributed by atoms with van der Waals surface area (Å²) in [6.45, 7) is 6.60. The number of halogens is 1. The van der Waals surface area contributed by atoms with Crippen LogP contribution in [-0.2, 0) is 19.6 Å². The van der Waals surface area contributed by atoms with E-state index in [0.29, 0.717) is 6.54 Å². The molecule has 22 heavy (non-hydrogen) atoms. The van der Waals surface area contributed by atoms with Crippen LogP contribution in [0.1, 0.15) is 40.2 Å². The molecule has 0 fully saturated rings. The molecule has 3 nitrogen and oxygen atoms in total. The third kappa shape index (κ3) is 3.51. The summed E-state index contributed by atoms with van der Waals surface area (Å²) in [6.07, 6.45) is 0. The zero-order valence-electron chi connectivity index (χ0n) is 12.8. The van der Waals surface area contributed by atoms with Crippen LogP contribution in [0.5, 0.6) is 0 Å². The van der Waals surface area contributed by atoms with E-state index in [1.807, 2.05) is 23.1 Å². The first-order chi connectivity index (χ1) is 10.1. The number of nitrogens with one attached hydrogen (secondary N) is 1. The van der Waals surface area contributed by atoms with Crippen molar-refractivity contribution in [1.82, 2.24) is 10.2 Å². The molecule has 1 aromatic heterocycles. The molecule has 2 aromatic rings. The average Bonchev–Trinajstić information content (AvgIpc) is 3.14. The van der Waals surface area contributed by atoms with Crippen molar-refractivity contribution in [3.05, 3.63) is 57.3 Å². The minimum absolute atomic E-state index is 0. The molecular weight excluding hydrogens is 316 g/mol. The summed E-state index contributed by atoms with van der Waals surface area (Å²) in [4.78, 5) is 16.0. The Bertz CT molecular complexity index is 640. The molecule has 1 aromatic carbocycles. The maximum absolute atomic E-state index is 12.8. The van der Waals surface area contributed by atoms with Crippen molar-refractivity contribution in [2.45, 2.75) is 39.5 Å². The molecule has 3 rings (SSSR count). The zero-order chi connectivity index (χ0) is 14.8. The maximum atomic E-state index is 12.8. The molecule has 0 radical (unpaired) electrons. The summed E-state index contributed by atoms with van der Waals surface area (Å²) < 4.78 is 0. The van der Waals surface area contributed by atoms with E-state index in [-0.39, 0.29) is 24.4 Å². The van der Waals surface area contributed by atoms with E-state index in [2.05, 4.69) is 36.7 Å². The molecule has 0 unspecified atom stereocenters. The Morgan fingerprint density at radius 3 is 2.73 bits per heavy atom. The van der Waals surface area contributed by atoms with Crippen LogP contribution in [0.25, 0.3) is 0 Å². The fourth-order valence-electron chi connectivity index (χ4n) is 2.65. The van der Waals surface area contributed by atoms with Gasteiger partial charge in [0.1, 0.15) is 0 Å². The summed E-state index contributed by atoms with van der Waals surface area (Å²) in [5, 5.41) is 5.37. The van der Waals surface area contributed by atoms with Gasteiger partial charge in [-0.3, -0.25) is 4.79 Å². The smallest absolute Gasteiger partial charge is 0.254 e. The predicted molar refractivity (Wildman–Crippen MR) is 93.6 cm³/mol. The molecule has 0 aliphatic carbocycles. The highest BCUT2D eigenvalue weighted by molar-refractivity contribution is 7.09. The van der Waals surface area contributed by atoms with Crippen LogP contribution < -0.4 is 5.32 Å². The number of thiophene rings is 1. The van der Waals surface area contributed by atoms with E-state index in [0.717, 1.165) is 18.7 Å². The summed E-state index contributed by atoms with van der Waals surface area (Å²) >= 11 is 1.70. The van der Waals surface area contributed by atoms with Crippen molar-refractivity contribution in [3.63, 3.8) is 0 Å². The summed E-state index contributed by atoms with van der Waals surface area (Å²) in [5.74, 6) is 0.119. The molecule has 1 aliphatic rings. The minimum atomic E-state index is 0. The van der Waals surface area contributed by atoms with Crippen LogP contribution in [0.3, 0.4) is 0 Å². The average molecular weight is 337 g/mol. The van der Waals surface area contributed by atoms with Gasteiger partial charge in [0.2, 0.25) is 0 Å². The zero-order valence-corrected chi connectivity index (χ0v) is 14.5. The SMILES string of the molecule is CC(C)N(Cc1cccs1)C(=O)c1ccc2c(c1)CNC2.Cl. The fourth-order valence-corrected chi connectivity index (χ4v) is 3.36. The van der Waals surface area contributed by atoms with Crippen LogP contribution >= 0.6 is 23.7 Å². The van der Waals surface area contributed by atoms with Crippen LogP contribution in [0.4, 0.5) is 0 Å². The molecular formula is C17H21ClN2OS. The van der Waals surface area contributed by atoms with Gasteiger partial charge in [-0.2, -0.15) is 0 Å². The lowest BCUT2D eigenvalue weighted by molar-refractivity contribution is 0.0692. The van der Waals surface area contributed by atoms with Gasteiger partial charge in [-0.25, -0.2) is 0 Å². The quantitative estimate of drug-likeness (QED) is 0.920. The molecule has 1 N–H and O–H groups in total. The largest absolute Gasteiger partial charge is 0.331 e. The predicted octanol–water partition coefficient (Wildman–Crippen LogP) is 3.82. The van der Waals surface area contributed by atoms with Crippen LogP contribution in [-0.4, -0.2) is 16.8 Å². The van der Waals surface area contributed by atoms with Gasteiger partial charge >= 0.3 is 0 Å². The lowest BCUT2D eigenvalue weighted by Crippen LogP contribution is -2.36. The van der Waals surface area contributed by atoms with Gasteiger partial charge in [-0.15, -0.1) is 23.7 Å². The lowest BCUT2D eigenvalue weighted by atomic mass is 10.0. The first-order valence-corrected chi connectivity index (χ1v) is 8.19. The standard InChI is InChI=1S/C17H20N2OS.ClH/c1-12(2)19(11-16-4-3-7-21-16)17(20)13-5-6-14-9-18-10-15(14)8-13;/h3-8,12,18H,9-11H2,1-2H3;1H. The molecule has 0 saturated heterocycles. The second kappa shape index (κ2) is 7.27. The molecule has 2 heterocycles. The number of fused-ring (bicyclic) bond motifs is 1. The third-order valence-corrected chi connectivity index (χ3v) is 4.74. The molecule has 1 amide bonds. The number of benzene rings is 1. The van der Waals surface area contributed by atoms with Crippen molar-refractivity contribution in [3.8, 4) is 0 Å². The van der Waals surface area contributed by atoms with Gasteiger partial charge in [-0.1, -0.05) is 12.1 Å². The van der Waals surface area contributed by atoms with Gasteiger partial charge in [-0.05, 0) is 48.6 Å². The van der Waals surface area contributed by atoms with E-state index < -0.39 is 0 Å². The summed E-state index contributed by atoms with van der Waals surface area (Å²) in [7, 11) is 0. The number of hydrogen-bond acceptors (Lipinski definition) is 3. The van der Waals surface area contributed by atoms with E-state index in [9.17, 15) is 4.79 Å². The Morgan fingerprint density at radius 2 is 2.05 bits per heavy atom. The lowest BCUT2D eigenvalue weighted by Gasteiger charge is -2.26. The highest BCUT2D eigenvalue weighted by Gasteiger charge is 2.21. The number of rotatable bonds is 4. The molecule has 118 valence electrons. The van der Waals surface area contributed by atoms with Crippen LogP contribution in [0.2, 0.25) is 0 Å². The number of amides is 1. The van der Waals surface area contributed by atoms with Crippen molar-refractivity contribution in [2.75, 3.05) is 0 Å². The summed E-state index contributed by atoms with van der Waals surface area (Å²) in [5.41, 5.74) is 3.35.